The molecule has 0 amide bonds. The Balaban J connectivity index is 1.49. The van der Waals surface area contributed by atoms with Gasteiger partial charge >= 0.3 is 0 Å². The molecule has 11 atom stereocenters. The summed E-state index contributed by atoms with van der Waals surface area (Å²) in [6.45, 7) is 1.38. The van der Waals surface area contributed by atoms with Crippen molar-refractivity contribution in [3.05, 3.63) is 0 Å². The van der Waals surface area contributed by atoms with Crippen LogP contribution in [0.3, 0.4) is 0 Å². The molecule has 1 heterocycles. The van der Waals surface area contributed by atoms with E-state index in [0.29, 0.717) is 5.54 Å². The molecule has 11 fully saturated rings. The van der Waals surface area contributed by atoms with E-state index in [4.69, 9.17) is 0 Å². The molecule has 0 aromatic heterocycles. The van der Waals surface area contributed by atoms with Crippen LogP contribution in [0.25, 0.3) is 0 Å². The SMILES string of the molecule is C1CC23CCC45CC6C(C4)C(C4C7CC[C@H]7C4C62)C5(C3)N1. The minimum Gasteiger partial charge on any atom is -0.310 e. The molecular weight excluding hydrogens is 254 g/mol. The zero-order chi connectivity index (χ0) is 13.2. The number of hydrogen-bond donors (Lipinski definition) is 1. The largest absolute Gasteiger partial charge is 0.310 e. The summed E-state index contributed by atoms with van der Waals surface area (Å²) in [5.41, 5.74) is 2.26. The highest BCUT2D eigenvalue weighted by Crippen LogP contribution is 2.88. The summed E-state index contributed by atoms with van der Waals surface area (Å²) in [6.07, 6.45) is 13.0. The quantitative estimate of drug-likeness (QED) is 0.717. The van der Waals surface area contributed by atoms with Gasteiger partial charge in [0.15, 0.2) is 0 Å². The first kappa shape index (κ1) is 10.7. The van der Waals surface area contributed by atoms with Gasteiger partial charge in [0.25, 0.3) is 0 Å². The average Bonchev–Trinajstić information content (AvgIpc) is 2.85. The Morgan fingerprint density at radius 3 is 2.33 bits per heavy atom. The number of piperidine rings is 1. The van der Waals surface area contributed by atoms with Crippen LogP contribution < -0.4 is 5.32 Å². The molecule has 10 saturated carbocycles. The summed E-state index contributed by atoms with van der Waals surface area (Å²) >= 11 is 0. The molecule has 11 rings (SSSR count). The lowest BCUT2D eigenvalue weighted by atomic mass is 9.34. The van der Waals surface area contributed by atoms with Crippen LogP contribution >= 0.6 is 0 Å². The van der Waals surface area contributed by atoms with Crippen molar-refractivity contribution >= 4 is 0 Å². The molecule has 1 N–H and O–H groups in total. The first-order valence-electron chi connectivity index (χ1n) is 10.0. The zero-order valence-electron chi connectivity index (χ0n) is 13.0. The minimum atomic E-state index is 0.652. The van der Waals surface area contributed by atoms with Crippen molar-refractivity contribution in [3.8, 4) is 0 Å². The van der Waals surface area contributed by atoms with Crippen LogP contribution in [0, 0.1) is 58.2 Å². The van der Waals surface area contributed by atoms with Crippen molar-refractivity contribution in [3.63, 3.8) is 0 Å². The molecule has 3 spiro atoms. The van der Waals surface area contributed by atoms with Crippen molar-refractivity contribution in [2.45, 2.75) is 56.9 Å². The van der Waals surface area contributed by atoms with E-state index in [0.717, 1.165) is 16.7 Å². The maximum Gasteiger partial charge on any atom is 0.0277 e. The van der Waals surface area contributed by atoms with E-state index in [1.165, 1.54) is 48.0 Å². The van der Waals surface area contributed by atoms with Gasteiger partial charge in [-0.1, -0.05) is 0 Å². The topological polar surface area (TPSA) is 12.0 Å². The van der Waals surface area contributed by atoms with Gasteiger partial charge in [0.05, 0.1) is 0 Å². The molecule has 0 aromatic carbocycles. The van der Waals surface area contributed by atoms with Gasteiger partial charge in [-0.3, -0.25) is 0 Å². The second-order valence-corrected chi connectivity index (χ2v) is 10.8. The van der Waals surface area contributed by atoms with Crippen LogP contribution in [-0.4, -0.2) is 12.1 Å². The molecule has 1 aliphatic heterocycles. The normalized spacial score (nSPS) is 80.0. The summed E-state index contributed by atoms with van der Waals surface area (Å²) in [6, 6.07) is 0. The molecule has 1 heteroatoms. The molecule has 21 heavy (non-hydrogen) atoms. The Morgan fingerprint density at radius 2 is 1.52 bits per heavy atom. The lowest BCUT2D eigenvalue weighted by Gasteiger charge is -2.70. The van der Waals surface area contributed by atoms with Crippen molar-refractivity contribution in [1.29, 1.82) is 0 Å². The van der Waals surface area contributed by atoms with Gasteiger partial charge in [-0.05, 0) is 116 Å². The third-order valence-electron chi connectivity index (χ3n) is 11.4. The Bertz CT molecular complexity index is 589. The Hall–Kier alpha value is -0.0400. The van der Waals surface area contributed by atoms with Crippen LogP contribution in [0.15, 0.2) is 0 Å². The summed E-state index contributed by atoms with van der Waals surface area (Å²) in [5.74, 6) is 9.52. The zero-order valence-corrected chi connectivity index (χ0v) is 13.0. The minimum absolute atomic E-state index is 0.652. The van der Waals surface area contributed by atoms with Crippen LogP contribution in [-0.2, 0) is 0 Å². The van der Waals surface area contributed by atoms with Gasteiger partial charge in [0, 0.05) is 5.54 Å². The lowest BCUT2D eigenvalue weighted by Crippen LogP contribution is -2.70. The van der Waals surface area contributed by atoms with Gasteiger partial charge in [0.2, 0.25) is 0 Å². The number of hydrogen-bond acceptors (Lipinski definition) is 1. The van der Waals surface area contributed by atoms with E-state index < -0.39 is 0 Å². The van der Waals surface area contributed by atoms with E-state index in [1.54, 1.807) is 51.4 Å². The fraction of sp³-hybridized carbons (Fsp3) is 1.00. The Morgan fingerprint density at radius 1 is 0.762 bits per heavy atom. The Labute approximate surface area is 127 Å². The lowest BCUT2D eigenvalue weighted by molar-refractivity contribution is -0.223. The van der Waals surface area contributed by atoms with Gasteiger partial charge in [0.1, 0.15) is 0 Å². The third kappa shape index (κ3) is 0.745. The highest BCUT2D eigenvalue weighted by atomic mass is 15.1. The fourth-order valence-corrected chi connectivity index (χ4v) is 11.3. The number of nitrogens with one attached hydrogen (secondary N) is 1. The molecule has 11 aliphatic rings. The number of fused-ring (bicyclic) bond motifs is 2. The smallest absolute Gasteiger partial charge is 0.0277 e. The highest BCUT2D eigenvalue weighted by molar-refractivity contribution is 5.37. The monoisotopic (exact) mass is 281 g/mol. The molecular formula is C20H27N. The maximum absolute atomic E-state index is 4.27. The maximum atomic E-state index is 4.27. The molecule has 1 nitrogen and oxygen atoms in total. The van der Waals surface area contributed by atoms with E-state index in [9.17, 15) is 0 Å². The van der Waals surface area contributed by atoms with Crippen LogP contribution in [0.5, 0.6) is 0 Å². The van der Waals surface area contributed by atoms with E-state index >= 15 is 0 Å². The molecule has 112 valence electrons. The first-order chi connectivity index (χ1) is 10.3. The van der Waals surface area contributed by atoms with Crippen molar-refractivity contribution in [2.24, 2.45) is 58.2 Å². The molecule has 7 bridgehead atoms. The molecule has 0 radical (unpaired) electrons. The first-order valence-corrected chi connectivity index (χ1v) is 10.0. The van der Waals surface area contributed by atoms with Gasteiger partial charge < -0.3 is 5.32 Å². The summed E-state index contributed by atoms with van der Waals surface area (Å²) in [7, 11) is 0. The molecule has 10 aliphatic carbocycles. The second kappa shape index (κ2) is 2.66. The summed E-state index contributed by atoms with van der Waals surface area (Å²) in [5, 5.41) is 4.27. The molecule has 0 aromatic rings. The van der Waals surface area contributed by atoms with E-state index in [-0.39, 0.29) is 0 Å². The van der Waals surface area contributed by atoms with Crippen molar-refractivity contribution < 1.29 is 0 Å². The predicted molar refractivity (Wildman–Crippen MR) is 80.5 cm³/mol. The third-order valence-corrected chi connectivity index (χ3v) is 11.4. The van der Waals surface area contributed by atoms with E-state index in [1.807, 2.05) is 0 Å². The van der Waals surface area contributed by atoms with Gasteiger partial charge in [-0.15, -0.1) is 0 Å². The van der Waals surface area contributed by atoms with E-state index in [2.05, 4.69) is 5.32 Å². The standard InChI is InChI=1S/C20H27N/c1-2-11-10(1)14-15(11)17-13-8-19-4-3-18(16(14)12(13)7-19)5-6-21-20(17,19)9-18/h10-17,21H,1-9H2/t10-,11?,12?,13?,14?,15?,16?,17?,18?,19?,20?/m1/s1. The van der Waals surface area contributed by atoms with Crippen LogP contribution in [0.4, 0.5) is 0 Å². The number of rotatable bonds is 0. The summed E-state index contributed by atoms with van der Waals surface area (Å²) < 4.78 is 0. The predicted octanol–water partition coefficient (Wildman–Crippen LogP) is 3.45. The van der Waals surface area contributed by atoms with Crippen LogP contribution in [0.2, 0.25) is 0 Å². The second-order valence-electron chi connectivity index (χ2n) is 10.8. The average molecular weight is 281 g/mol. The van der Waals surface area contributed by atoms with Gasteiger partial charge in [-0.2, -0.15) is 0 Å². The molecule has 1 saturated heterocycles. The molecule has 10 unspecified atom stereocenters. The fourth-order valence-electron chi connectivity index (χ4n) is 11.3. The Kier molecular flexibility index (Phi) is 1.35. The van der Waals surface area contributed by atoms with Gasteiger partial charge in [-0.25, -0.2) is 0 Å². The van der Waals surface area contributed by atoms with Crippen LogP contribution in [0.1, 0.15) is 51.4 Å². The summed E-state index contributed by atoms with van der Waals surface area (Å²) in [4.78, 5) is 0. The van der Waals surface area contributed by atoms with Crippen molar-refractivity contribution in [1.82, 2.24) is 5.32 Å². The van der Waals surface area contributed by atoms with Crippen molar-refractivity contribution in [2.75, 3.05) is 6.54 Å². The highest BCUT2D eigenvalue weighted by Gasteiger charge is 2.85.